The minimum Gasteiger partial charge on any atom is -0.393 e. The van der Waals surface area contributed by atoms with E-state index in [0.29, 0.717) is 6.42 Å². The Bertz CT molecular complexity index is 39.1. The maximum atomic E-state index is 11.9. The minimum atomic E-state index is -0.995. The summed E-state index contributed by atoms with van der Waals surface area (Å²) in [6, 6.07) is 0. The van der Waals surface area contributed by atoms with E-state index in [1.165, 1.54) is 0 Å². The summed E-state index contributed by atoms with van der Waals surface area (Å²) in [5, 5.41) is 8.09. The summed E-state index contributed by atoms with van der Waals surface area (Å²) in [5.41, 5.74) is 0. The second-order valence-electron chi connectivity index (χ2n) is 1.57. The lowest BCUT2D eigenvalue weighted by Gasteiger charge is -1.97. The molecule has 0 heterocycles. The number of halogens is 1. The maximum Gasteiger partial charge on any atom is 0.123 e. The highest BCUT2D eigenvalue weighted by Gasteiger charge is 1.99. The van der Waals surface area contributed by atoms with Gasteiger partial charge in [0, 0.05) is 0 Å². The van der Waals surface area contributed by atoms with Crippen LogP contribution in [-0.4, -0.2) is 17.9 Å². The number of aliphatic hydroxyl groups is 1. The zero-order valence-electron chi connectivity index (χ0n) is 4.52. The SMILES string of the molecule is CCC[C@H](F)CO. The van der Waals surface area contributed by atoms with Crippen LogP contribution < -0.4 is 0 Å². The Hall–Kier alpha value is -0.110. The molecule has 0 rings (SSSR count). The van der Waals surface area contributed by atoms with Crippen molar-refractivity contribution < 1.29 is 9.50 Å². The molecule has 1 atom stereocenters. The van der Waals surface area contributed by atoms with E-state index in [1.54, 1.807) is 0 Å². The third kappa shape index (κ3) is 3.73. The predicted molar refractivity (Wildman–Crippen MR) is 26.9 cm³/mol. The fraction of sp³-hybridized carbons (Fsp3) is 1.00. The topological polar surface area (TPSA) is 20.2 Å². The van der Waals surface area contributed by atoms with Gasteiger partial charge >= 0.3 is 0 Å². The summed E-state index contributed by atoms with van der Waals surface area (Å²) in [7, 11) is 0. The number of rotatable bonds is 3. The average molecular weight is 106 g/mol. The fourth-order valence-electron chi connectivity index (χ4n) is 0.405. The van der Waals surface area contributed by atoms with E-state index in [4.69, 9.17) is 5.11 Å². The molecule has 0 bridgehead atoms. The summed E-state index contributed by atoms with van der Waals surface area (Å²) in [6.07, 6.45) is 0.295. The van der Waals surface area contributed by atoms with Crippen molar-refractivity contribution >= 4 is 0 Å². The van der Waals surface area contributed by atoms with Gasteiger partial charge in [-0.3, -0.25) is 0 Å². The van der Waals surface area contributed by atoms with Gasteiger partial charge in [-0.2, -0.15) is 0 Å². The second kappa shape index (κ2) is 4.06. The lowest BCUT2D eigenvalue weighted by atomic mass is 10.2. The van der Waals surface area contributed by atoms with Crippen LogP contribution in [0.3, 0.4) is 0 Å². The zero-order chi connectivity index (χ0) is 5.70. The fourth-order valence-corrected chi connectivity index (χ4v) is 0.405. The molecule has 7 heavy (non-hydrogen) atoms. The first-order valence-electron chi connectivity index (χ1n) is 2.56. The molecule has 0 aliphatic heterocycles. The third-order valence-corrected chi connectivity index (χ3v) is 0.800. The molecule has 0 aromatic heterocycles. The van der Waals surface area contributed by atoms with Crippen molar-refractivity contribution in [2.75, 3.05) is 6.61 Å². The summed E-state index contributed by atoms with van der Waals surface area (Å²) >= 11 is 0. The highest BCUT2D eigenvalue weighted by Crippen LogP contribution is 1.97. The molecule has 0 fully saturated rings. The molecule has 0 aromatic carbocycles. The third-order valence-electron chi connectivity index (χ3n) is 0.800. The van der Waals surface area contributed by atoms with Gasteiger partial charge in [-0.15, -0.1) is 0 Å². The van der Waals surface area contributed by atoms with Crippen molar-refractivity contribution in [3.63, 3.8) is 0 Å². The summed E-state index contributed by atoms with van der Waals surface area (Å²) in [5.74, 6) is 0. The summed E-state index contributed by atoms with van der Waals surface area (Å²) < 4.78 is 11.9. The van der Waals surface area contributed by atoms with Gasteiger partial charge < -0.3 is 5.11 Å². The van der Waals surface area contributed by atoms with Gasteiger partial charge in [0.2, 0.25) is 0 Å². The minimum absolute atomic E-state index is 0.326. The van der Waals surface area contributed by atoms with E-state index in [-0.39, 0.29) is 6.61 Å². The standard InChI is InChI=1S/C5H11FO/c1-2-3-5(6)4-7/h5,7H,2-4H2,1H3/t5-/m0/s1. The van der Waals surface area contributed by atoms with E-state index in [2.05, 4.69) is 0 Å². The normalized spacial score (nSPS) is 14.1. The Morgan fingerprint density at radius 1 is 1.71 bits per heavy atom. The second-order valence-corrected chi connectivity index (χ2v) is 1.57. The van der Waals surface area contributed by atoms with Crippen LogP contribution in [0, 0.1) is 0 Å². The van der Waals surface area contributed by atoms with Gasteiger partial charge in [0.25, 0.3) is 0 Å². The van der Waals surface area contributed by atoms with Gasteiger partial charge in [0.05, 0.1) is 6.61 Å². The Labute approximate surface area is 43.2 Å². The monoisotopic (exact) mass is 106 g/mol. The first-order chi connectivity index (χ1) is 3.31. The van der Waals surface area contributed by atoms with Gasteiger partial charge in [-0.1, -0.05) is 13.3 Å². The zero-order valence-corrected chi connectivity index (χ0v) is 4.52. The van der Waals surface area contributed by atoms with Crippen molar-refractivity contribution in [2.24, 2.45) is 0 Å². The molecule has 1 nitrogen and oxygen atoms in total. The molecule has 0 spiro atoms. The van der Waals surface area contributed by atoms with Crippen LogP contribution in [0.1, 0.15) is 19.8 Å². The number of aliphatic hydroxyl groups excluding tert-OH is 1. The van der Waals surface area contributed by atoms with Crippen molar-refractivity contribution in [2.45, 2.75) is 25.9 Å². The van der Waals surface area contributed by atoms with Crippen LogP contribution in [0.2, 0.25) is 0 Å². The van der Waals surface area contributed by atoms with Gasteiger partial charge in [-0.25, -0.2) is 4.39 Å². The van der Waals surface area contributed by atoms with Gasteiger partial charge in [0.1, 0.15) is 6.17 Å². The molecule has 0 amide bonds. The van der Waals surface area contributed by atoms with Crippen molar-refractivity contribution in [3.8, 4) is 0 Å². The van der Waals surface area contributed by atoms with E-state index >= 15 is 0 Å². The Morgan fingerprint density at radius 2 is 2.29 bits per heavy atom. The van der Waals surface area contributed by atoms with Crippen molar-refractivity contribution in [3.05, 3.63) is 0 Å². The van der Waals surface area contributed by atoms with Crippen LogP contribution >= 0.6 is 0 Å². The molecule has 1 N–H and O–H groups in total. The molecule has 0 unspecified atom stereocenters. The van der Waals surface area contributed by atoms with E-state index in [1.807, 2.05) is 6.92 Å². The Morgan fingerprint density at radius 3 is 2.43 bits per heavy atom. The quantitative estimate of drug-likeness (QED) is 0.571. The Kier molecular flexibility index (Phi) is 4.00. The maximum absolute atomic E-state index is 11.9. The lowest BCUT2D eigenvalue weighted by molar-refractivity contribution is 0.169. The van der Waals surface area contributed by atoms with Crippen molar-refractivity contribution in [1.82, 2.24) is 0 Å². The van der Waals surface area contributed by atoms with Crippen LogP contribution in [0.25, 0.3) is 0 Å². The molecule has 0 radical (unpaired) electrons. The number of hydrogen-bond acceptors (Lipinski definition) is 1. The predicted octanol–water partition coefficient (Wildman–Crippen LogP) is 1.12. The van der Waals surface area contributed by atoms with Gasteiger partial charge in [-0.05, 0) is 6.42 Å². The first-order valence-corrected chi connectivity index (χ1v) is 2.56. The molecule has 0 aliphatic rings. The molecule has 0 aliphatic carbocycles. The number of alkyl halides is 1. The van der Waals surface area contributed by atoms with Crippen LogP contribution in [-0.2, 0) is 0 Å². The smallest absolute Gasteiger partial charge is 0.123 e. The first kappa shape index (κ1) is 6.89. The molecular formula is C5H11FO. The largest absolute Gasteiger partial charge is 0.393 e. The lowest BCUT2D eigenvalue weighted by Crippen LogP contribution is -2.03. The van der Waals surface area contributed by atoms with E-state index in [0.717, 1.165) is 6.42 Å². The highest BCUT2D eigenvalue weighted by atomic mass is 19.1. The number of hydrogen-bond donors (Lipinski definition) is 1. The van der Waals surface area contributed by atoms with Crippen molar-refractivity contribution in [1.29, 1.82) is 0 Å². The van der Waals surface area contributed by atoms with Crippen LogP contribution in [0.4, 0.5) is 4.39 Å². The molecule has 0 saturated carbocycles. The van der Waals surface area contributed by atoms with Gasteiger partial charge in [0.15, 0.2) is 0 Å². The summed E-state index contributed by atoms with van der Waals surface area (Å²) in [4.78, 5) is 0. The van der Waals surface area contributed by atoms with Crippen LogP contribution in [0.5, 0.6) is 0 Å². The molecular weight excluding hydrogens is 95.1 g/mol. The van der Waals surface area contributed by atoms with Crippen LogP contribution in [0.15, 0.2) is 0 Å². The molecule has 2 heteroatoms. The molecule has 44 valence electrons. The molecule has 0 aromatic rings. The average Bonchev–Trinajstić information content (AvgIpc) is 1.68. The molecule has 0 saturated heterocycles. The van der Waals surface area contributed by atoms with E-state index < -0.39 is 6.17 Å². The Balaban J connectivity index is 2.83. The van der Waals surface area contributed by atoms with E-state index in [9.17, 15) is 4.39 Å². The summed E-state index contributed by atoms with van der Waals surface area (Å²) in [6.45, 7) is 1.57. The highest BCUT2D eigenvalue weighted by molar-refractivity contribution is 4.49.